The summed E-state index contributed by atoms with van der Waals surface area (Å²) >= 11 is 0. The Morgan fingerprint density at radius 1 is 1.35 bits per heavy atom. The molecule has 0 N–H and O–H groups in total. The van der Waals surface area contributed by atoms with Gasteiger partial charge in [-0.3, -0.25) is 0 Å². The number of nitriles is 1. The van der Waals surface area contributed by atoms with Gasteiger partial charge in [0, 0.05) is 13.1 Å². The predicted octanol–water partition coefficient (Wildman–Crippen LogP) is 2.10. The Kier molecular flexibility index (Phi) is 1.95. The van der Waals surface area contributed by atoms with Crippen molar-refractivity contribution >= 4 is 11.0 Å². The van der Waals surface area contributed by atoms with Gasteiger partial charge in [-0.1, -0.05) is 5.16 Å². The molecule has 0 fully saturated rings. The van der Waals surface area contributed by atoms with Crippen molar-refractivity contribution in [3.05, 3.63) is 36.1 Å². The number of rotatable bonds is 1. The number of aryl methyl sites for hydroxylation is 1. The number of benzene rings is 1. The van der Waals surface area contributed by atoms with Gasteiger partial charge in [0.15, 0.2) is 5.82 Å². The van der Waals surface area contributed by atoms with Gasteiger partial charge in [-0.15, -0.1) is 0 Å². The quantitative estimate of drug-likeness (QED) is 0.634. The predicted molar refractivity (Wildman–Crippen MR) is 60.9 cm³/mol. The number of imidazole rings is 1. The maximum Gasteiger partial charge on any atom is 0.163 e. The van der Waals surface area contributed by atoms with Crippen molar-refractivity contribution in [3.63, 3.8) is 0 Å². The van der Waals surface area contributed by atoms with Crippen molar-refractivity contribution in [2.24, 2.45) is 7.05 Å². The molecule has 0 aliphatic heterocycles. The van der Waals surface area contributed by atoms with Crippen molar-refractivity contribution < 1.29 is 4.52 Å². The topological polar surface area (TPSA) is 67.6 Å². The molecule has 0 saturated carbocycles. The Labute approximate surface area is 96.9 Å². The molecule has 17 heavy (non-hydrogen) atoms. The van der Waals surface area contributed by atoms with E-state index in [9.17, 15) is 0 Å². The summed E-state index contributed by atoms with van der Waals surface area (Å²) in [6.45, 7) is 0. The molecule has 82 valence electrons. The second-order valence-electron chi connectivity index (χ2n) is 3.69. The molecule has 2 aromatic heterocycles. The molecule has 5 heteroatoms. The van der Waals surface area contributed by atoms with E-state index in [4.69, 9.17) is 9.78 Å². The molecule has 0 unspecified atom stereocenters. The fourth-order valence-corrected chi connectivity index (χ4v) is 1.82. The first-order chi connectivity index (χ1) is 8.29. The van der Waals surface area contributed by atoms with Gasteiger partial charge in [0.1, 0.15) is 12.0 Å². The molecule has 0 saturated heterocycles. The molecule has 1 aromatic carbocycles. The average Bonchev–Trinajstić information content (AvgIpc) is 2.97. The van der Waals surface area contributed by atoms with E-state index in [1.165, 1.54) is 6.26 Å². The Bertz CT molecular complexity index is 719. The largest absolute Gasteiger partial charge is 0.364 e. The highest BCUT2D eigenvalue weighted by Gasteiger charge is 2.12. The molecular formula is C12H8N4O. The summed E-state index contributed by atoms with van der Waals surface area (Å²) < 4.78 is 6.71. The third-order valence-electron chi connectivity index (χ3n) is 2.68. The van der Waals surface area contributed by atoms with Gasteiger partial charge >= 0.3 is 0 Å². The van der Waals surface area contributed by atoms with Gasteiger partial charge in [0.05, 0.1) is 22.7 Å². The van der Waals surface area contributed by atoms with Crippen LogP contribution in [0.5, 0.6) is 0 Å². The Hall–Kier alpha value is -2.61. The van der Waals surface area contributed by atoms with E-state index in [1.54, 1.807) is 12.1 Å². The lowest BCUT2D eigenvalue weighted by molar-refractivity contribution is 0.421. The van der Waals surface area contributed by atoms with Crippen LogP contribution in [0.1, 0.15) is 5.56 Å². The van der Waals surface area contributed by atoms with Crippen LogP contribution in [0, 0.1) is 11.3 Å². The van der Waals surface area contributed by atoms with Gasteiger partial charge in [-0.25, -0.2) is 4.98 Å². The minimum atomic E-state index is 0.618. The fourth-order valence-electron chi connectivity index (χ4n) is 1.82. The summed E-state index contributed by atoms with van der Waals surface area (Å²) in [4.78, 5) is 4.46. The molecule has 0 aliphatic carbocycles. The smallest absolute Gasteiger partial charge is 0.163 e. The van der Waals surface area contributed by atoms with Crippen molar-refractivity contribution in [1.82, 2.24) is 14.7 Å². The summed E-state index contributed by atoms with van der Waals surface area (Å²) in [7, 11) is 1.89. The molecular weight excluding hydrogens is 216 g/mol. The molecule has 3 rings (SSSR count). The molecule has 0 atom stereocenters. The van der Waals surface area contributed by atoms with Crippen LogP contribution in [0.15, 0.2) is 35.1 Å². The van der Waals surface area contributed by atoms with Gasteiger partial charge in [-0.05, 0) is 18.2 Å². The van der Waals surface area contributed by atoms with Crippen molar-refractivity contribution in [2.75, 3.05) is 0 Å². The summed E-state index contributed by atoms with van der Waals surface area (Å²) in [5.74, 6) is 0.726. The second-order valence-corrected chi connectivity index (χ2v) is 3.69. The van der Waals surface area contributed by atoms with Gasteiger partial charge in [-0.2, -0.15) is 5.26 Å². The standard InChI is InChI=1S/C12H8N4O/c1-16-11-6-8(7-13)2-3-9(11)14-12(16)10-4-5-17-15-10/h2-6H,1H3. The summed E-state index contributed by atoms with van der Waals surface area (Å²) in [5, 5.41) is 12.7. The first kappa shape index (κ1) is 9.60. The number of nitrogens with zero attached hydrogens (tertiary/aromatic N) is 4. The molecule has 0 spiro atoms. The fraction of sp³-hybridized carbons (Fsp3) is 0.0833. The van der Waals surface area contributed by atoms with E-state index in [-0.39, 0.29) is 0 Å². The van der Waals surface area contributed by atoms with Crippen molar-refractivity contribution in [1.29, 1.82) is 5.26 Å². The minimum Gasteiger partial charge on any atom is -0.364 e. The highest BCUT2D eigenvalue weighted by atomic mass is 16.5. The normalized spacial score (nSPS) is 10.6. The van der Waals surface area contributed by atoms with Crippen molar-refractivity contribution in [2.45, 2.75) is 0 Å². The molecule has 3 aromatic rings. The lowest BCUT2D eigenvalue weighted by Crippen LogP contribution is -1.92. The SMILES string of the molecule is Cn1c(-c2ccon2)nc2ccc(C#N)cc21. The third-order valence-corrected chi connectivity index (χ3v) is 2.68. The second kappa shape index (κ2) is 3.46. The summed E-state index contributed by atoms with van der Waals surface area (Å²) in [5.41, 5.74) is 3.04. The average molecular weight is 224 g/mol. The van der Waals surface area contributed by atoms with E-state index in [0.717, 1.165) is 16.9 Å². The summed E-state index contributed by atoms with van der Waals surface area (Å²) in [6.07, 6.45) is 1.51. The van der Waals surface area contributed by atoms with Crippen LogP contribution in [-0.2, 0) is 7.05 Å². The Morgan fingerprint density at radius 2 is 2.24 bits per heavy atom. The first-order valence-corrected chi connectivity index (χ1v) is 5.07. The van der Waals surface area contributed by atoms with Crippen LogP contribution in [0.25, 0.3) is 22.6 Å². The van der Waals surface area contributed by atoms with E-state index in [1.807, 2.05) is 23.7 Å². The lowest BCUT2D eigenvalue weighted by atomic mass is 10.2. The monoisotopic (exact) mass is 224 g/mol. The van der Waals surface area contributed by atoms with Crippen LogP contribution < -0.4 is 0 Å². The minimum absolute atomic E-state index is 0.618. The molecule has 0 radical (unpaired) electrons. The number of fused-ring (bicyclic) bond motifs is 1. The maximum atomic E-state index is 8.87. The zero-order valence-electron chi connectivity index (χ0n) is 9.08. The Balaban J connectivity index is 2.30. The molecule has 0 amide bonds. The van der Waals surface area contributed by atoms with E-state index in [2.05, 4.69) is 16.2 Å². The Morgan fingerprint density at radius 3 is 2.94 bits per heavy atom. The van der Waals surface area contributed by atoms with E-state index >= 15 is 0 Å². The molecule has 5 nitrogen and oxygen atoms in total. The number of aromatic nitrogens is 3. The zero-order chi connectivity index (χ0) is 11.8. The molecule has 0 bridgehead atoms. The van der Waals surface area contributed by atoms with Crippen LogP contribution in [0.4, 0.5) is 0 Å². The van der Waals surface area contributed by atoms with E-state index in [0.29, 0.717) is 11.3 Å². The van der Waals surface area contributed by atoms with Gasteiger partial charge in [0.2, 0.25) is 0 Å². The highest BCUT2D eigenvalue weighted by Crippen LogP contribution is 2.22. The zero-order valence-corrected chi connectivity index (χ0v) is 9.08. The van der Waals surface area contributed by atoms with Crippen LogP contribution >= 0.6 is 0 Å². The third kappa shape index (κ3) is 1.39. The number of hydrogen-bond acceptors (Lipinski definition) is 4. The van der Waals surface area contributed by atoms with Crippen LogP contribution in [0.2, 0.25) is 0 Å². The summed E-state index contributed by atoms with van der Waals surface area (Å²) in [6, 6.07) is 9.27. The van der Waals surface area contributed by atoms with Gasteiger partial charge < -0.3 is 9.09 Å². The lowest BCUT2D eigenvalue weighted by Gasteiger charge is -1.97. The highest BCUT2D eigenvalue weighted by molar-refractivity contribution is 5.81. The van der Waals surface area contributed by atoms with Crippen LogP contribution in [-0.4, -0.2) is 14.7 Å². The van der Waals surface area contributed by atoms with Crippen molar-refractivity contribution in [3.8, 4) is 17.6 Å². The first-order valence-electron chi connectivity index (χ1n) is 5.07. The van der Waals surface area contributed by atoms with Gasteiger partial charge in [0.25, 0.3) is 0 Å². The van der Waals surface area contributed by atoms with E-state index < -0.39 is 0 Å². The van der Waals surface area contributed by atoms with Crippen LogP contribution in [0.3, 0.4) is 0 Å². The maximum absolute atomic E-state index is 8.87. The number of hydrogen-bond donors (Lipinski definition) is 0. The molecule has 2 heterocycles. The molecule has 0 aliphatic rings.